The molecule has 1 heterocycles. The molecule has 0 aliphatic carbocycles. The summed E-state index contributed by atoms with van der Waals surface area (Å²) in [6.07, 6.45) is 1.34. The van der Waals surface area contributed by atoms with Crippen LogP contribution in [0.15, 0.2) is 29.1 Å². The summed E-state index contributed by atoms with van der Waals surface area (Å²) in [5.41, 5.74) is -0.105. The Morgan fingerprint density at radius 1 is 1.26 bits per heavy atom. The maximum atomic E-state index is 12.0. The standard InChI is InChI=1S/C13H15N3O3/c17-8-4-3-7-14-13(19)11-9-5-1-2-6-10(9)12(18)16-15-11/h1-2,5-6,17H,3-4,7-8H2,(H,14,19)(H,16,18). The molecule has 6 heteroatoms. The highest BCUT2D eigenvalue weighted by molar-refractivity contribution is 6.04. The molecule has 0 radical (unpaired) electrons. The zero-order valence-corrected chi connectivity index (χ0v) is 10.3. The van der Waals surface area contributed by atoms with Crippen molar-refractivity contribution < 1.29 is 9.90 Å². The summed E-state index contributed by atoms with van der Waals surface area (Å²) in [6, 6.07) is 6.84. The molecule has 19 heavy (non-hydrogen) atoms. The minimum absolute atomic E-state index is 0.107. The van der Waals surface area contributed by atoms with Gasteiger partial charge in [-0.1, -0.05) is 18.2 Å². The summed E-state index contributed by atoms with van der Waals surface area (Å²) < 4.78 is 0. The second-order valence-corrected chi connectivity index (χ2v) is 4.13. The van der Waals surface area contributed by atoms with Crippen molar-refractivity contribution in [2.24, 2.45) is 0 Å². The number of rotatable bonds is 5. The highest BCUT2D eigenvalue weighted by Gasteiger charge is 2.12. The lowest BCUT2D eigenvalue weighted by Gasteiger charge is -2.06. The van der Waals surface area contributed by atoms with Gasteiger partial charge in [0.2, 0.25) is 0 Å². The van der Waals surface area contributed by atoms with E-state index in [4.69, 9.17) is 5.11 Å². The van der Waals surface area contributed by atoms with Gasteiger partial charge in [-0.15, -0.1) is 0 Å². The van der Waals surface area contributed by atoms with E-state index in [-0.39, 0.29) is 23.8 Å². The third-order valence-corrected chi connectivity index (χ3v) is 2.78. The number of carbonyl (C=O) groups excluding carboxylic acids is 1. The first-order valence-corrected chi connectivity index (χ1v) is 6.10. The van der Waals surface area contributed by atoms with Gasteiger partial charge in [-0.05, 0) is 18.9 Å². The molecule has 0 unspecified atom stereocenters. The lowest BCUT2D eigenvalue weighted by molar-refractivity contribution is 0.0948. The maximum absolute atomic E-state index is 12.0. The first-order valence-electron chi connectivity index (χ1n) is 6.10. The summed E-state index contributed by atoms with van der Waals surface area (Å²) in [4.78, 5) is 23.6. The molecule has 0 saturated heterocycles. The van der Waals surface area contributed by atoms with Crippen LogP contribution >= 0.6 is 0 Å². The Morgan fingerprint density at radius 2 is 2.00 bits per heavy atom. The topological polar surface area (TPSA) is 95.1 Å². The van der Waals surface area contributed by atoms with Crippen molar-refractivity contribution >= 4 is 16.7 Å². The summed E-state index contributed by atoms with van der Waals surface area (Å²) in [5.74, 6) is -0.328. The Kier molecular flexibility index (Phi) is 4.25. The average molecular weight is 261 g/mol. The number of aromatic nitrogens is 2. The highest BCUT2D eigenvalue weighted by atomic mass is 16.3. The van der Waals surface area contributed by atoms with Crippen LogP contribution in [-0.2, 0) is 0 Å². The molecule has 1 aromatic heterocycles. The van der Waals surface area contributed by atoms with Crippen LogP contribution in [0, 0.1) is 0 Å². The van der Waals surface area contributed by atoms with Crippen molar-refractivity contribution in [3.8, 4) is 0 Å². The maximum Gasteiger partial charge on any atom is 0.272 e. The fraction of sp³-hybridized carbons (Fsp3) is 0.308. The van der Waals surface area contributed by atoms with Crippen LogP contribution in [0.5, 0.6) is 0 Å². The van der Waals surface area contributed by atoms with Crippen molar-refractivity contribution in [3.05, 3.63) is 40.3 Å². The molecule has 3 N–H and O–H groups in total. The van der Waals surface area contributed by atoms with Gasteiger partial charge in [0.05, 0.1) is 5.39 Å². The third kappa shape index (κ3) is 2.97. The number of aromatic amines is 1. The van der Waals surface area contributed by atoms with Gasteiger partial charge in [0.1, 0.15) is 0 Å². The molecule has 100 valence electrons. The fourth-order valence-electron chi connectivity index (χ4n) is 1.81. The molecule has 2 rings (SSSR count). The zero-order valence-electron chi connectivity index (χ0n) is 10.3. The van der Waals surface area contributed by atoms with Crippen LogP contribution in [0.4, 0.5) is 0 Å². The second-order valence-electron chi connectivity index (χ2n) is 4.13. The first-order chi connectivity index (χ1) is 9.24. The number of aliphatic hydroxyl groups is 1. The summed E-state index contributed by atoms with van der Waals surface area (Å²) >= 11 is 0. The minimum atomic E-state index is -0.328. The van der Waals surface area contributed by atoms with Gasteiger partial charge in [-0.25, -0.2) is 5.10 Å². The predicted octanol–water partition coefficient (Wildman–Crippen LogP) is 0.425. The third-order valence-electron chi connectivity index (χ3n) is 2.78. The molecule has 0 spiro atoms. The van der Waals surface area contributed by atoms with Gasteiger partial charge in [-0.3, -0.25) is 9.59 Å². The van der Waals surface area contributed by atoms with Crippen LogP contribution in [0.25, 0.3) is 10.8 Å². The van der Waals surface area contributed by atoms with E-state index in [0.717, 1.165) is 0 Å². The number of benzene rings is 1. The van der Waals surface area contributed by atoms with Gasteiger partial charge in [0, 0.05) is 18.5 Å². The van der Waals surface area contributed by atoms with Crippen molar-refractivity contribution in [2.45, 2.75) is 12.8 Å². The number of hydrogen-bond donors (Lipinski definition) is 3. The number of nitrogens with zero attached hydrogens (tertiary/aromatic N) is 1. The van der Waals surface area contributed by atoms with E-state index in [1.54, 1.807) is 24.3 Å². The lowest BCUT2D eigenvalue weighted by Crippen LogP contribution is -2.27. The Balaban J connectivity index is 2.23. The monoisotopic (exact) mass is 261 g/mol. The molecule has 0 atom stereocenters. The SMILES string of the molecule is O=C(NCCCCO)c1n[nH]c(=O)c2ccccc12. The normalized spacial score (nSPS) is 10.6. The molecule has 0 bridgehead atoms. The van der Waals surface area contributed by atoms with E-state index in [1.807, 2.05) is 0 Å². The molecule has 0 aliphatic rings. The van der Waals surface area contributed by atoms with Crippen molar-refractivity contribution in [1.29, 1.82) is 0 Å². The molecule has 0 aliphatic heterocycles. The number of H-pyrrole nitrogens is 1. The molecule has 6 nitrogen and oxygen atoms in total. The van der Waals surface area contributed by atoms with Crippen molar-refractivity contribution in [1.82, 2.24) is 15.5 Å². The molecule has 0 saturated carbocycles. The van der Waals surface area contributed by atoms with Crippen LogP contribution in [0.2, 0.25) is 0 Å². The number of amides is 1. The number of hydrogen-bond acceptors (Lipinski definition) is 4. The first kappa shape index (κ1) is 13.2. The Morgan fingerprint density at radius 3 is 2.74 bits per heavy atom. The summed E-state index contributed by atoms with van der Waals surface area (Å²) in [6.45, 7) is 0.574. The minimum Gasteiger partial charge on any atom is -0.396 e. The van der Waals surface area contributed by atoms with E-state index in [2.05, 4.69) is 15.5 Å². The van der Waals surface area contributed by atoms with E-state index in [0.29, 0.717) is 30.2 Å². The molecule has 2 aromatic rings. The highest BCUT2D eigenvalue weighted by Crippen LogP contribution is 2.11. The largest absolute Gasteiger partial charge is 0.396 e. The van der Waals surface area contributed by atoms with Crippen LogP contribution in [0.3, 0.4) is 0 Å². The average Bonchev–Trinajstić information content (AvgIpc) is 2.44. The number of unbranched alkanes of at least 4 members (excludes halogenated alkanes) is 1. The second kappa shape index (κ2) is 6.10. The summed E-state index contributed by atoms with van der Waals surface area (Å²) in [7, 11) is 0. The van der Waals surface area contributed by atoms with Gasteiger partial charge >= 0.3 is 0 Å². The quantitative estimate of drug-likeness (QED) is 0.680. The van der Waals surface area contributed by atoms with Gasteiger partial charge < -0.3 is 10.4 Å². The predicted molar refractivity (Wildman–Crippen MR) is 71.0 cm³/mol. The number of fused-ring (bicyclic) bond motifs is 1. The zero-order chi connectivity index (χ0) is 13.7. The van der Waals surface area contributed by atoms with E-state index in [9.17, 15) is 9.59 Å². The molecular formula is C13H15N3O3. The van der Waals surface area contributed by atoms with Gasteiger partial charge in [-0.2, -0.15) is 5.10 Å². The van der Waals surface area contributed by atoms with Crippen molar-refractivity contribution in [3.63, 3.8) is 0 Å². The van der Waals surface area contributed by atoms with Crippen LogP contribution in [-0.4, -0.2) is 34.4 Å². The van der Waals surface area contributed by atoms with E-state index in [1.165, 1.54) is 0 Å². The Hall–Kier alpha value is -2.21. The molecular weight excluding hydrogens is 246 g/mol. The van der Waals surface area contributed by atoms with Crippen LogP contribution < -0.4 is 10.9 Å². The Bertz CT molecular complexity index is 636. The number of aliphatic hydroxyl groups excluding tert-OH is 1. The number of nitrogens with one attached hydrogen (secondary N) is 2. The summed E-state index contributed by atoms with van der Waals surface area (Å²) in [5, 5.41) is 18.5. The smallest absolute Gasteiger partial charge is 0.272 e. The van der Waals surface area contributed by atoms with E-state index >= 15 is 0 Å². The fourth-order valence-corrected chi connectivity index (χ4v) is 1.81. The molecule has 1 amide bonds. The van der Waals surface area contributed by atoms with Crippen LogP contribution in [0.1, 0.15) is 23.3 Å². The molecule has 0 fully saturated rings. The van der Waals surface area contributed by atoms with Gasteiger partial charge in [0.15, 0.2) is 5.69 Å². The van der Waals surface area contributed by atoms with Crippen molar-refractivity contribution in [2.75, 3.05) is 13.2 Å². The van der Waals surface area contributed by atoms with Gasteiger partial charge in [0.25, 0.3) is 11.5 Å². The lowest BCUT2D eigenvalue weighted by atomic mass is 10.1. The number of carbonyl (C=O) groups is 1. The van der Waals surface area contributed by atoms with E-state index < -0.39 is 0 Å². The Labute approximate surface area is 109 Å². The molecule has 1 aromatic carbocycles.